The molecule has 0 spiro atoms. The Kier molecular flexibility index (Phi) is 8.95. The van der Waals surface area contributed by atoms with Crippen LogP contribution in [0.25, 0.3) is 0 Å². The van der Waals surface area contributed by atoms with E-state index in [9.17, 15) is 0 Å². The fourth-order valence-electron chi connectivity index (χ4n) is 2.65. The van der Waals surface area contributed by atoms with Crippen molar-refractivity contribution < 1.29 is 0 Å². The average Bonchev–Trinajstić information content (AvgIpc) is 2.80. The normalized spacial score (nSPS) is 12.8. The fourth-order valence-corrected chi connectivity index (χ4v) is 2.93. The van der Waals surface area contributed by atoms with Gasteiger partial charge in [0.1, 0.15) is 0 Å². The highest BCUT2D eigenvalue weighted by Gasteiger charge is 2.18. The lowest BCUT2D eigenvalue weighted by atomic mass is 10.0. The number of rotatable bonds is 11. The quantitative estimate of drug-likeness (QED) is 0.585. The summed E-state index contributed by atoms with van der Waals surface area (Å²) in [6.07, 6.45) is 12.0. The molecule has 20 heavy (non-hydrogen) atoms. The Morgan fingerprint density at radius 1 is 1.15 bits per heavy atom. The van der Waals surface area contributed by atoms with Crippen LogP contribution in [-0.2, 0) is 6.54 Å². The molecule has 0 radical (unpaired) electrons. The first kappa shape index (κ1) is 17.5. The van der Waals surface area contributed by atoms with Crippen LogP contribution in [0.2, 0.25) is 5.02 Å². The predicted molar refractivity (Wildman–Crippen MR) is 87.3 cm³/mol. The number of nitrogens with one attached hydrogen (secondary N) is 1. The maximum atomic E-state index is 6.31. The van der Waals surface area contributed by atoms with Gasteiger partial charge in [0.2, 0.25) is 0 Å². The Morgan fingerprint density at radius 3 is 2.50 bits per heavy atom. The van der Waals surface area contributed by atoms with Crippen LogP contribution in [0, 0.1) is 0 Å². The van der Waals surface area contributed by atoms with Gasteiger partial charge in [0.15, 0.2) is 0 Å². The van der Waals surface area contributed by atoms with Gasteiger partial charge in [-0.15, -0.1) is 0 Å². The second-order valence-electron chi connectivity index (χ2n) is 5.50. The molecule has 1 atom stereocenters. The van der Waals surface area contributed by atoms with Gasteiger partial charge in [-0.3, -0.25) is 4.68 Å². The topological polar surface area (TPSA) is 29.9 Å². The largest absolute Gasteiger partial charge is 0.312 e. The van der Waals surface area contributed by atoms with Crippen molar-refractivity contribution in [3.63, 3.8) is 0 Å². The lowest BCUT2D eigenvalue weighted by Crippen LogP contribution is -2.21. The zero-order valence-electron chi connectivity index (χ0n) is 13.3. The SMILES string of the molecule is CCCCCCCCC(NC)c1c(Cl)cnn1CCC. The molecule has 0 aliphatic carbocycles. The molecule has 0 saturated carbocycles. The van der Waals surface area contributed by atoms with Crippen LogP contribution in [0.5, 0.6) is 0 Å². The lowest BCUT2D eigenvalue weighted by molar-refractivity contribution is 0.453. The monoisotopic (exact) mass is 299 g/mol. The zero-order chi connectivity index (χ0) is 14.8. The summed E-state index contributed by atoms with van der Waals surface area (Å²) in [5, 5.41) is 8.58. The van der Waals surface area contributed by atoms with E-state index in [1.807, 2.05) is 7.05 Å². The summed E-state index contributed by atoms with van der Waals surface area (Å²) in [7, 11) is 2.02. The molecule has 0 saturated heterocycles. The molecule has 1 N–H and O–H groups in total. The minimum absolute atomic E-state index is 0.322. The van der Waals surface area contributed by atoms with Gasteiger partial charge < -0.3 is 5.32 Å². The third-order valence-corrected chi connectivity index (χ3v) is 4.08. The first-order valence-electron chi connectivity index (χ1n) is 8.13. The van der Waals surface area contributed by atoms with Gasteiger partial charge >= 0.3 is 0 Å². The maximum absolute atomic E-state index is 6.31. The zero-order valence-corrected chi connectivity index (χ0v) is 14.0. The molecule has 1 heterocycles. The minimum atomic E-state index is 0.322. The van der Waals surface area contributed by atoms with Crippen molar-refractivity contribution in [2.24, 2.45) is 0 Å². The Hall–Kier alpha value is -0.540. The third-order valence-electron chi connectivity index (χ3n) is 3.79. The number of aromatic nitrogens is 2. The van der Waals surface area contributed by atoms with Crippen LogP contribution in [0.1, 0.15) is 76.9 Å². The molecular formula is C16H30ClN3. The molecular weight excluding hydrogens is 270 g/mol. The summed E-state index contributed by atoms with van der Waals surface area (Å²) in [4.78, 5) is 0. The summed E-state index contributed by atoms with van der Waals surface area (Å²) in [5.41, 5.74) is 1.16. The van der Waals surface area contributed by atoms with Crippen LogP contribution < -0.4 is 5.32 Å². The Balaban J connectivity index is 2.47. The predicted octanol–water partition coefficient (Wildman–Crippen LogP) is 4.96. The van der Waals surface area contributed by atoms with Gasteiger partial charge in [-0.05, 0) is 19.9 Å². The molecule has 0 amide bonds. The van der Waals surface area contributed by atoms with E-state index in [1.54, 1.807) is 6.20 Å². The molecule has 0 aliphatic heterocycles. The Morgan fingerprint density at radius 2 is 1.85 bits per heavy atom. The summed E-state index contributed by atoms with van der Waals surface area (Å²) in [5.74, 6) is 0. The summed E-state index contributed by atoms with van der Waals surface area (Å²) >= 11 is 6.31. The van der Waals surface area contributed by atoms with Gasteiger partial charge in [-0.2, -0.15) is 5.10 Å². The van der Waals surface area contributed by atoms with Gasteiger partial charge in [0.25, 0.3) is 0 Å². The van der Waals surface area contributed by atoms with Gasteiger partial charge in [0, 0.05) is 6.54 Å². The number of unbranched alkanes of at least 4 members (excludes halogenated alkanes) is 5. The van der Waals surface area contributed by atoms with Crippen molar-refractivity contribution in [2.75, 3.05) is 7.05 Å². The first-order valence-corrected chi connectivity index (χ1v) is 8.50. The summed E-state index contributed by atoms with van der Waals surface area (Å²) < 4.78 is 2.06. The fraction of sp³-hybridized carbons (Fsp3) is 0.812. The van der Waals surface area contributed by atoms with Crippen LogP contribution in [0.15, 0.2) is 6.20 Å². The highest BCUT2D eigenvalue weighted by molar-refractivity contribution is 6.31. The molecule has 116 valence electrons. The van der Waals surface area contributed by atoms with Crippen LogP contribution in [0.4, 0.5) is 0 Å². The molecule has 1 aromatic rings. The van der Waals surface area contributed by atoms with Crippen molar-refractivity contribution in [3.05, 3.63) is 16.9 Å². The Bertz CT molecular complexity index is 363. The van der Waals surface area contributed by atoms with E-state index >= 15 is 0 Å². The van der Waals surface area contributed by atoms with Crippen molar-refractivity contribution in [3.8, 4) is 0 Å². The molecule has 0 aliphatic rings. The van der Waals surface area contributed by atoms with Gasteiger partial charge in [-0.25, -0.2) is 0 Å². The van der Waals surface area contributed by atoms with Crippen LogP contribution >= 0.6 is 11.6 Å². The molecule has 0 bridgehead atoms. The summed E-state index contributed by atoms with van der Waals surface area (Å²) in [6, 6.07) is 0.322. The number of hydrogen-bond acceptors (Lipinski definition) is 2. The number of hydrogen-bond donors (Lipinski definition) is 1. The molecule has 0 fully saturated rings. The minimum Gasteiger partial charge on any atom is -0.312 e. The third kappa shape index (κ3) is 5.45. The van der Waals surface area contributed by atoms with E-state index < -0.39 is 0 Å². The van der Waals surface area contributed by atoms with E-state index in [0.717, 1.165) is 30.1 Å². The molecule has 1 rings (SSSR count). The Labute approximate surface area is 129 Å². The van der Waals surface area contributed by atoms with E-state index in [1.165, 1.54) is 38.5 Å². The van der Waals surface area contributed by atoms with E-state index in [0.29, 0.717) is 6.04 Å². The first-order chi connectivity index (χ1) is 9.74. The second-order valence-corrected chi connectivity index (χ2v) is 5.91. The van der Waals surface area contributed by atoms with E-state index in [2.05, 4.69) is 28.9 Å². The molecule has 3 nitrogen and oxygen atoms in total. The number of halogens is 1. The molecule has 4 heteroatoms. The number of nitrogens with zero attached hydrogens (tertiary/aromatic N) is 2. The number of aryl methyl sites for hydroxylation is 1. The average molecular weight is 300 g/mol. The molecule has 1 unspecified atom stereocenters. The molecule has 0 aromatic carbocycles. The lowest BCUT2D eigenvalue weighted by Gasteiger charge is -2.18. The van der Waals surface area contributed by atoms with Crippen molar-refractivity contribution in [1.29, 1.82) is 0 Å². The van der Waals surface area contributed by atoms with Crippen molar-refractivity contribution in [2.45, 2.75) is 77.8 Å². The smallest absolute Gasteiger partial charge is 0.0834 e. The highest BCUT2D eigenvalue weighted by atomic mass is 35.5. The second kappa shape index (κ2) is 10.2. The molecule has 1 aromatic heterocycles. The summed E-state index contributed by atoms with van der Waals surface area (Å²) in [6.45, 7) is 5.37. The highest BCUT2D eigenvalue weighted by Crippen LogP contribution is 2.27. The van der Waals surface area contributed by atoms with Gasteiger partial charge in [0.05, 0.1) is 23.0 Å². The van der Waals surface area contributed by atoms with Crippen LogP contribution in [0.3, 0.4) is 0 Å². The standard InChI is InChI=1S/C16H30ClN3/c1-4-6-7-8-9-10-11-15(18-3)16-14(17)13-19-20(16)12-5-2/h13,15,18H,4-12H2,1-3H3. The van der Waals surface area contributed by atoms with Gasteiger partial charge in [-0.1, -0.05) is 64.0 Å². The van der Waals surface area contributed by atoms with Crippen molar-refractivity contribution >= 4 is 11.6 Å². The van der Waals surface area contributed by atoms with E-state index in [-0.39, 0.29) is 0 Å². The van der Waals surface area contributed by atoms with E-state index in [4.69, 9.17) is 11.6 Å². The van der Waals surface area contributed by atoms with Crippen molar-refractivity contribution in [1.82, 2.24) is 15.1 Å². The van der Waals surface area contributed by atoms with Crippen LogP contribution in [-0.4, -0.2) is 16.8 Å². The maximum Gasteiger partial charge on any atom is 0.0834 e.